The van der Waals surface area contributed by atoms with Crippen molar-refractivity contribution in [3.63, 3.8) is 0 Å². The van der Waals surface area contributed by atoms with Crippen molar-refractivity contribution in [3.8, 4) is 0 Å². The van der Waals surface area contributed by atoms with Gasteiger partial charge >= 0.3 is 0 Å². The van der Waals surface area contributed by atoms with Gasteiger partial charge in [-0.1, -0.05) is 0 Å². The van der Waals surface area contributed by atoms with Crippen LogP contribution in [0.3, 0.4) is 0 Å². The van der Waals surface area contributed by atoms with E-state index in [0.717, 1.165) is 12.1 Å². The molecule has 1 aromatic rings. The molecule has 2 N–H and O–H groups in total. The van der Waals surface area contributed by atoms with Gasteiger partial charge in [0.2, 0.25) is 5.91 Å². The highest BCUT2D eigenvalue weighted by Gasteiger charge is 2.23. The number of nitro benzene ring substituents is 1. The zero-order chi connectivity index (χ0) is 16.4. The third-order valence-electron chi connectivity index (χ3n) is 2.50. The van der Waals surface area contributed by atoms with E-state index in [1.54, 1.807) is 29.5 Å². The molecule has 6 nitrogen and oxygen atoms in total. The maximum Gasteiger partial charge on any atom is 0.293 e. The van der Waals surface area contributed by atoms with Crippen LogP contribution < -0.4 is 10.6 Å². The Morgan fingerprint density at radius 3 is 2.48 bits per heavy atom. The zero-order valence-corrected chi connectivity index (χ0v) is 14.3. The molecule has 0 aliphatic carbocycles. The summed E-state index contributed by atoms with van der Waals surface area (Å²) in [6.45, 7) is 7.03. The van der Waals surface area contributed by atoms with Crippen LogP contribution in [0.5, 0.6) is 0 Å². The van der Waals surface area contributed by atoms with Gasteiger partial charge in [0.15, 0.2) is 0 Å². The third-order valence-corrected chi connectivity index (χ3v) is 3.33. The largest absolute Gasteiger partial charge is 0.368 e. The van der Waals surface area contributed by atoms with Crippen LogP contribution in [0.15, 0.2) is 12.1 Å². The van der Waals surface area contributed by atoms with E-state index in [0.29, 0.717) is 0 Å². The van der Waals surface area contributed by atoms with E-state index in [4.69, 9.17) is 0 Å². The van der Waals surface area contributed by atoms with Gasteiger partial charge in [-0.15, -0.1) is 0 Å². The number of halogens is 2. The summed E-state index contributed by atoms with van der Waals surface area (Å²) < 4.78 is 13.7. The van der Waals surface area contributed by atoms with Gasteiger partial charge in [0.1, 0.15) is 17.5 Å². The molecule has 0 saturated carbocycles. The summed E-state index contributed by atoms with van der Waals surface area (Å²) in [4.78, 5) is 22.3. The van der Waals surface area contributed by atoms with Gasteiger partial charge in [0, 0.05) is 17.7 Å². The number of hydrogen-bond acceptors (Lipinski definition) is 4. The molecule has 1 atom stereocenters. The van der Waals surface area contributed by atoms with Crippen LogP contribution in [0.2, 0.25) is 0 Å². The first-order valence-electron chi connectivity index (χ1n) is 6.23. The van der Waals surface area contributed by atoms with E-state index >= 15 is 0 Å². The van der Waals surface area contributed by atoms with Gasteiger partial charge in [0.05, 0.1) is 8.49 Å². The van der Waals surface area contributed by atoms with Crippen molar-refractivity contribution in [1.82, 2.24) is 5.32 Å². The molecule has 21 heavy (non-hydrogen) atoms. The van der Waals surface area contributed by atoms with E-state index in [-0.39, 0.29) is 20.9 Å². The van der Waals surface area contributed by atoms with Gasteiger partial charge in [-0.25, -0.2) is 4.39 Å². The van der Waals surface area contributed by atoms with Gasteiger partial charge in [-0.3, -0.25) is 14.9 Å². The van der Waals surface area contributed by atoms with Crippen molar-refractivity contribution in [2.45, 2.75) is 39.3 Å². The number of rotatable bonds is 4. The molecule has 0 fully saturated rings. The number of nitrogens with zero attached hydrogens (tertiary/aromatic N) is 1. The molecule has 1 unspecified atom stereocenters. The molecule has 1 amide bonds. The fraction of sp³-hybridized carbons (Fsp3) is 0.462. The van der Waals surface area contributed by atoms with Crippen LogP contribution in [0.1, 0.15) is 27.7 Å². The van der Waals surface area contributed by atoms with E-state index in [9.17, 15) is 19.3 Å². The highest BCUT2D eigenvalue weighted by molar-refractivity contribution is 14.1. The molecule has 0 aliphatic heterocycles. The standard InChI is InChI=1S/C13H17FIN3O3/c1-7(12(19)17-13(2,3)4)16-10-5-8(14)9(15)6-11(10)18(20)21/h5-7,16H,1-4H3,(H,17,19). The normalized spacial score (nSPS) is 12.7. The molecular formula is C13H17FIN3O3. The Balaban J connectivity index is 2.99. The van der Waals surface area contributed by atoms with Crippen molar-refractivity contribution in [2.75, 3.05) is 5.32 Å². The first-order valence-corrected chi connectivity index (χ1v) is 7.31. The minimum atomic E-state index is -0.734. The average Bonchev–Trinajstić information content (AvgIpc) is 2.30. The summed E-state index contributed by atoms with van der Waals surface area (Å²) in [5.74, 6) is -0.900. The molecule has 1 aromatic carbocycles. The van der Waals surface area contributed by atoms with Crippen molar-refractivity contribution in [1.29, 1.82) is 0 Å². The maximum atomic E-state index is 13.6. The maximum absolute atomic E-state index is 13.6. The average molecular weight is 409 g/mol. The molecule has 0 radical (unpaired) electrons. The zero-order valence-electron chi connectivity index (χ0n) is 12.2. The topological polar surface area (TPSA) is 84.3 Å². The van der Waals surface area contributed by atoms with E-state index < -0.39 is 22.3 Å². The molecule has 8 heteroatoms. The van der Waals surface area contributed by atoms with Gasteiger partial charge < -0.3 is 10.6 Å². The van der Waals surface area contributed by atoms with E-state index in [1.165, 1.54) is 0 Å². The summed E-state index contributed by atoms with van der Waals surface area (Å²) in [6, 6.07) is 1.43. The Kier molecular flexibility index (Phi) is 5.48. The van der Waals surface area contributed by atoms with Crippen LogP contribution in [0.25, 0.3) is 0 Å². The lowest BCUT2D eigenvalue weighted by molar-refractivity contribution is -0.384. The second-order valence-electron chi connectivity index (χ2n) is 5.65. The second kappa shape index (κ2) is 6.54. The molecule has 0 aromatic heterocycles. The molecular weight excluding hydrogens is 392 g/mol. The quantitative estimate of drug-likeness (QED) is 0.455. The van der Waals surface area contributed by atoms with Crippen LogP contribution in [-0.4, -0.2) is 22.4 Å². The highest BCUT2D eigenvalue weighted by atomic mass is 127. The Labute approximate surface area is 135 Å². The molecule has 0 saturated heterocycles. The number of benzene rings is 1. The SMILES string of the molecule is CC(Nc1cc(F)c(I)cc1[N+](=O)[O-])C(=O)NC(C)(C)C. The monoisotopic (exact) mass is 409 g/mol. The number of carbonyl (C=O) groups excluding carboxylic acids is 1. The first-order chi connectivity index (χ1) is 9.51. The Morgan fingerprint density at radius 2 is 2.00 bits per heavy atom. The van der Waals surface area contributed by atoms with Crippen LogP contribution in [-0.2, 0) is 4.79 Å². The van der Waals surface area contributed by atoms with Gasteiger partial charge in [-0.05, 0) is 50.3 Å². The molecule has 1 rings (SSSR count). The lowest BCUT2D eigenvalue weighted by atomic mass is 10.1. The number of nitro groups is 1. The minimum Gasteiger partial charge on any atom is -0.368 e. The smallest absolute Gasteiger partial charge is 0.293 e. The summed E-state index contributed by atoms with van der Waals surface area (Å²) in [6.07, 6.45) is 0. The summed E-state index contributed by atoms with van der Waals surface area (Å²) in [5, 5.41) is 16.4. The molecule has 0 heterocycles. The predicted octanol–water partition coefficient (Wildman–Crippen LogP) is 3.05. The lowest BCUT2D eigenvalue weighted by Gasteiger charge is -2.24. The summed E-state index contributed by atoms with van der Waals surface area (Å²) in [5.41, 5.74) is -0.707. The van der Waals surface area contributed by atoms with Crippen molar-refractivity contribution < 1.29 is 14.1 Å². The number of nitrogens with one attached hydrogen (secondary N) is 2. The first kappa shape index (κ1) is 17.6. The van der Waals surface area contributed by atoms with Crippen LogP contribution >= 0.6 is 22.6 Å². The Bertz CT molecular complexity index is 573. The summed E-state index contributed by atoms with van der Waals surface area (Å²) >= 11 is 1.68. The summed E-state index contributed by atoms with van der Waals surface area (Å²) in [7, 11) is 0. The Morgan fingerprint density at radius 1 is 1.43 bits per heavy atom. The number of carbonyl (C=O) groups is 1. The number of anilines is 1. The Hall–Kier alpha value is -1.45. The van der Waals surface area contributed by atoms with Gasteiger partial charge in [-0.2, -0.15) is 0 Å². The molecule has 0 aliphatic rings. The van der Waals surface area contributed by atoms with Crippen molar-refractivity contribution >= 4 is 39.9 Å². The predicted molar refractivity (Wildman–Crippen MR) is 86.8 cm³/mol. The second-order valence-corrected chi connectivity index (χ2v) is 6.81. The fourth-order valence-electron chi connectivity index (χ4n) is 1.58. The lowest BCUT2D eigenvalue weighted by Crippen LogP contribution is -2.47. The van der Waals surface area contributed by atoms with Crippen LogP contribution in [0.4, 0.5) is 15.8 Å². The van der Waals surface area contributed by atoms with E-state index in [1.807, 2.05) is 20.8 Å². The van der Waals surface area contributed by atoms with Crippen molar-refractivity contribution in [3.05, 3.63) is 31.6 Å². The molecule has 0 spiro atoms. The van der Waals surface area contributed by atoms with Gasteiger partial charge in [0.25, 0.3) is 5.69 Å². The van der Waals surface area contributed by atoms with Crippen LogP contribution in [0, 0.1) is 19.5 Å². The number of amides is 1. The fourth-order valence-corrected chi connectivity index (χ4v) is 2.03. The molecule has 0 bridgehead atoms. The highest BCUT2D eigenvalue weighted by Crippen LogP contribution is 2.29. The van der Waals surface area contributed by atoms with E-state index in [2.05, 4.69) is 10.6 Å². The van der Waals surface area contributed by atoms with Crippen molar-refractivity contribution in [2.24, 2.45) is 0 Å². The minimum absolute atomic E-state index is 0.0190. The molecule has 116 valence electrons. The number of hydrogen-bond donors (Lipinski definition) is 2. The third kappa shape index (κ3) is 5.10.